The van der Waals surface area contributed by atoms with Crippen molar-refractivity contribution in [3.05, 3.63) is 84.4 Å². The van der Waals surface area contributed by atoms with Crippen molar-refractivity contribution in [2.75, 3.05) is 19.0 Å². The Morgan fingerprint density at radius 3 is 2.19 bits per heavy atom. The summed E-state index contributed by atoms with van der Waals surface area (Å²) in [6.45, 7) is -0.530. The topological polar surface area (TPSA) is 126 Å². The van der Waals surface area contributed by atoms with E-state index in [1.807, 2.05) is 30.3 Å². The van der Waals surface area contributed by atoms with Crippen molar-refractivity contribution < 1.29 is 22.7 Å². The molecule has 0 saturated carbocycles. The first-order chi connectivity index (χ1) is 15.4. The molecule has 1 amide bonds. The fraction of sp³-hybridized carbons (Fsp3) is 0.0909. The molecular weight excluding hydrogens is 432 g/mol. The van der Waals surface area contributed by atoms with Crippen LogP contribution in [0.1, 0.15) is 10.4 Å². The number of rotatable bonds is 8. The van der Waals surface area contributed by atoms with Gasteiger partial charge >= 0.3 is 5.97 Å². The van der Waals surface area contributed by atoms with Crippen molar-refractivity contribution in [1.29, 1.82) is 0 Å². The van der Waals surface area contributed by atoms with Crippen LogP contribution in [0.3, 0.4) is 0 Å². The van der Waals surface area contributed by atoms with Gasteiger partial charge in [0.25, 0.3) is 5.91 Å². The zero-order chi connectivity index (χ0) is 23.0. The average molecular weight is 452 g/mol. The van der Waals surface area contributed by atoms with Crippen LogP contribution in [0.5, 0.6) is 0 Å². The van der Waals surface area contributed by atoms with Crippen molar-refractivity contribution in [1.82, 2.24) is 4.72 Å². The van der Waals surface area contributed by atoms with Crippen LogP contribution < -0.4 is 10.0 Å². The maximum absolute atomic E-state index is 12.2. The summed E-state index contributed by atoms with van der Waals surface area (Å²) in [6.07, 6.45) is 0. The standard InChI is InChI=1S/C22H20N4O5S/c1-23-32(29,30)20-9-5-6-16(14-20)22(28)31-15-21(27)24-17-10-12-19(13-11-17)26-25-18-7-3-2-4-8-18/h2-14,23H,15H2,1H3,(H,24,27). The molecule has 164 valence electrons. The molecule has 0 aliphatic carbocycles. The van der Waals surface area contributed by atoms with Gasteiger partial charge in [-0.05, 0) is 61.6 Å². The van der Waals surface area contributed by atoms with Crippen molar-refractivity contribution in [2.24, 2.45) is 10.2 Å². The third-order valence-electron chi connectivity index (χ3n) is 4.17. The van der Waals surface area contributed by atoms with E-state index in [1.165, 1.54) is 31.3 Å². The highest BCUT2D eigenvalue weighted by atomic mass is 32.2. The Labute approximate surface area is 185 Å². The fourth-order valence-corrected chi connectivity index (χ4v) is 3.32. The summed E-state index contributed by atoms with van der Waals surface area (Å²) in [5.74, 6) is -1.36. The van der Waals surface area contributed by atoms with Gasteiger partial charge in [-0.3, -0.25) is 4.79 Å². The molecule has 3 aromatic carbocycles. The quantitative estimate of drug-likeness (QED) is 0.397. The molecule has 0 fully saturated rings. The summed E-state index contributed by atoms with van der Waals surface area (Å²) < 4.78 is 30.8. The van der Waals surface area contributed by atoms with Crippen LogP contribution in [0, 0.1) is 0 Å². The van der Waals surface area contributed by atoms with E-state index in [0.717, 1.165) is 5.69 Å². The first-order valence-corrected chi connectivity index (χ1v) is 10.9. The monoisotopic (exact) mass is 452 g/mol. The summed E-state index contributed by atoms with van der Waals surface area (Å²) in [5, 5.41) is 10.8. The summed E-state index contributed by atoms with van der Waals surface area (Å²) in [5.41, 5.74) is 1.84. The first kappa shape index (κ1) is 22.8. The van der Waals surface area contributed by atoms with E-state index in [2.05, 4.69) is 20.3 Å². The van der Waals surface area contributed by atoms with Crippen molar-refractivity contribution >= 4 is 39.0 Å². The van der Waals surface area contributed by atoms with Crippen LogP contribution in [0.15, 0.2) is 94.0 Å². The Kier molecular flexibility index (Phi) is 7.42. The van der Waals surface area contributed by atoms with Gasteiger partial charge in [0.15, 0.2) is 6.61 Å². The largest absolute Gasteiger partial charge is 0.452 e. The number of sulfonamides is 1. The van der Waals surface area contributed by atoms with Gasteiger partial charge in [-0.25, -0.2) is 17.9 Å². The Bertz CT molecular complexity index is 1230. The smallest absolute Gasteiger partial charge is 0.338 e. The highest BCUT2D eigenvalue weighted by molar-refractivity contribution is 7.89. The minimum atomic E-state index is -3.70. The van der Waals surface area contributed by atoms with Gasteiger partial charge in [0.2, 0.25) is 10.0 Å². The Morgan fingerprint density at radius 1 is 0.875 bits per heavy atom. The summed E-state index contributed by atoms with van der Waals surface area (Å²) in [4.78, 5) is 24.2. The lowest BCUT2D eigenvalue weighted by atomic mass is 10.2. The molecule has 0 aromatic heterocycles. The lowest BCUT2D eigenvalue weighted by Crippen LogP contribution is -2.21. The van der Waals surface area contributed by atoms with Gasteiger partial charge in [0.1, 0.15) is 0 Å². The van der Waals surface area contributed by atoms with E-state index in [4.69, 9.17) is 4.74 Å². The number of hydrogen-bond donors (Lipinski definition) is 2. The highest BCUT2D eigenvalue weighted by Gasteiger charge is 2.16. The number of carbonyl (C=O) groups is 2. The molecule has 0 unspecified atom stereocenters. The molecule has 0 bridgehead atoms. The molecule has 2 N–H and O–H groups in total. The van der Waals surface area contributed by atoms with Crippen LogP contribution in [-0.4, -0.2) is 33.9 Å². The molecule has 0 aliphatic rings. The minimum absolute atomic E-state index is 0.0160. The zero-order valence-corrected chi connectivity index (χ0v) is 17.9. The van der Waals surface area contributed by atoms with Crippen molar-refractivity contribution in [2.45, 2.75) is 4.90 Å². The highest BCUT2D eigenvalue weighted by Crippen LogP contribution is 2.20. The molecule has 3 aromatic rings. The summed E-state index contributed by atoms with van der Waals surface area (Å²) in [6, 6.07) is 21.3. The van der Waals surface area contributed by atoms with Crippen LogP contribution in [0.2, 0.25) is 0 Å². The second-order valence-electron chi connectivity index (χ2n) is 6.44. The van der Waals surface area contributed by atoms with Gasteiger partial charge in [-0.15, -0.1) is 0 Å². The number of hydrogen-bond acceptors (Lipinski definition) is 7. The van der Waals surface area contributed by atoms with E-state index in [0.29, 0.717) is 11.4 Å². The molecule has 0 spiro atoms. The summed E-state index contributed by atoms with van der Waals surface area (Å²) in [7, 11) is -2.43. The molecular formula is C22H20N4O5S. The number of anilines is 1. The minimum Gasteiger partial charge on any atom is -0.452 e. The maximum Gasteiger partial charge on any atom is 0.338 e. The van der Waals surface area contributed by atoms with Crippen LogP contribution in [-0.2, 0) is 19.6 Å². The normalized spacial score (nSPS) is 11.3. The molecule has 3 rings (SSSR count). The number of amides is 1. The number of nitrogens with one attached hydrogen (secondary N) is 2. The fourth-order valence-electron chi connectivity index (χ4n) is 2.54. The number of azo groups is 1. The van der Waals surface area contributed by atoms with Crippen molar-refractivity contribution in [3.63, 3.8) is 0 Å². The SMILES string of the molecule is CNS(=O)(=O)c1cccc(C(=O)OCC(=O)Nc2ccc(N=Nc3ccccc3)cc2)c1. The predicted molar refractivity (Wildman–Crippen MR) is 119 cm³/mol. The van der Waals surface area contributed by atoms with Gasteiger partial charge in [-0.1, -0.05) is 24.3 Å². The Hall–Kier alpha value is -3.89. The lowest BCUT2D eigenvalue weighted by molar-refractivity contribution is -0.119. The first-order valence-electron chi connectivity index (χ1n) is 9.45. The molecule has 10 heteroatoms. The molecule has 0 radical (unpaired) electrons. The number of esters is 1. The summed E-state index contributed by atoms with van der Waals surface area (Å²) >= 11 is 0. The third-order valence-corrected chi connectivity index (χ3v) is 5.58. The van der Waals surface area contributed by atoms with Gasteiger partial charge in [-0.2, -0.15) is 10.2 Å². The van der Waals surface area contributed by atoms with E-state index >= 15 is 0 Å². The van der Waals surface area contributed by atoms with E-state index in [9.17, 15) is 18.0 Å². The molecule has 0 atom stereocenters. The average Bonchev–Trinajstić information content (AvgIpc) is 2.83. The second-order valence-corrected chi connectivity index (χ2v) is 8.33. The van der Waals surface area contributed by atoms with E-state index < -0.39 is 28.5 Å². The third kappa shape index (κ3) is 6.30. The van der Waals surface area contributed by atoms with Gasteiger partial charge in [0, 0.05) is 5.69 Å². The predicted octanol–water partition coefficient (Wildman–Crippen LogP) is 3.81. The van der Waals surface area contributed by atoms with Crippen LogP contribution in [0.25, 0.3) is 0 Å². The second kappa shape index (κ2) is 10.4. The Balaban J connectivity index is 1.53. The molecule has 0 aliphatic heterocycles. The van der Waals surface area contributed by atoms with Gasteiger partial charge < -0.3 is 10.1 Å². The lowest BCUT2D eigenvalue weighted by Gasteiger charge is -2.08. The number of carbonyl (C=O) groups excluding carboxylic acids is 2. The molecule has 0 saturated heterocycles. The van der Waals surface area contributed by atoms with Crippen LogP contribution >= 0.6 is 0 Å². The molecule has 32 heavy (non-hydrogen) atoms. The number of ether oxygens (including phenoxy) is 1. The van der Waals surface area contributed by atoms with Crippen LogP contribution in [0.4, 0.5) is 17.1 Å². The Morgan fingerprint density at radius 2 is 1.53 bits per heavy atom. The zero-order valence-electron chi connectivity index (χ0n) is 17.1. The maximum atomic E-state index is 12.2. The van der Waals surface area contributed by atoms with Crippen molar-refractivity contribution in [3.8, 4) is 0 Å². The molecule has 0 heterocycles. The number of nitrogens with zero attached hydrogens (tertiary/aromatic N) is 2. The van der Waals surface area contributed by atoms with E-state index in [1.54, 1.807) is 24.3 Å². The van der Waals surface area contributed by atoms with Gasteiger partial charge in [0.05, 0.1) is 21.8 Å². The number of benzene rings is 3. The van der Waals surface area contributed by atoms with E-state index in [-0.39, 0.29) is 10.5 Å². The molecule has 9 nitrogen and oxygen atoms in total.